The number of aliphatic hydroxyl groups excluding tert-OH is 2. The third kappa shape index (κ3) is 4.48. The van der Waals surface area contributed by atoms with Crippen LogP contribution >= 0.6 is 22.6 Å². The SMILES string of the molecule is CC(C)(C)C1CCC(Oc2ccc3cc(C(N)(CO)CO)ccc3c2I)CC1. The van der Waals surface area contributed by atoms with E-state index in [1.807, 2.05) is 30.3 Å². The highest BCUT2D eigenvalue weighted by Crippen LogP contribution is 2.40. The minimum Gasteiger partial charge on any atom is -0.489 e. The first-order chi connectivity index (χ1) is 13.2. The van der Waals surface area contributed by atoms with Crippen molar-refractivity contribution < 1.29 is 14.9 Å². The summed E-state index contributed by atoms with van der Waals surface area (Å²) in [5.74, 6) is 1.71. The fourth-order valence-electron chi connectivity index (χ4n) is 4.13. The van der Waals surface area contributed by atoms with E-state index in [0.717, 1.165) is 44.4 Å². The summed E-state index contributed by atoms with van der Waals surface area (Å²) in [5.41, 5.74) is 6.10. The van der Waals surface area contributed by atoms with Crippen molar-refractivity contribution in [3.05, 3.63) is 39.5 Å². The van der Waals surface area contributed by atoms with E-state index in [1.54, 1.807) is 0 Å². The van der Waals surface area contributed by atoms with Gasteiger partial charge in [-0.2, -0.15) is 0 Å². The molecule has 0 saturated heterocycles. The van der Waals surface area contributed by atoms with Gasteiger partial charge in [0.1, 0.15) is 5.75 Å². The van der Waals surface area contributed by atoms with E-state index in [-0.39, 0.29) is 19.3 Å². The molecule has 0 aromatic heterocycles. The highest BCUT2D eigenvalue weighted by atomic mass is 127. The molecule has 0 atom stereocenters. The summed E-state index contributed by atoms with van der Waals surface area (Å²) in [6, 6.07) is 9.90. The van der Waals surface area contributed by atoms with Gasteiger partial charge in [-0.05, 0) is 88.1 Å². The summed E-state index contributed by atoms with van der Waals surface area (Å²) in [7, 11) is 0. The Balaban J connectivity index is 1.78. The van der Waals surface area contributed by atoms with Crippen LogP contribution in [0.5, 0.6) is 5.75 Å². The molecule has 1 aliphatic rings. The molecule has 154 valence electrons. The van der Waals surface area contributed by atoms with Crippen molar-refractivity contribution in [2.24, 2.45) is 17.1 Å². The van der Waals surface area contributed by atoms with Gasteiger partial charge in [0.15, 0.2) is 0 Å². The van der Waals surface area contributed by atoms with Gasteiger partial charge in [0.05, 0.1) is 28.4 Å². The predicted octanol–water partition coefficient (Wildman–Crippen LogP) is 4.57. The Hall–Kier alpha value is -0.890. The zero-order chi connectivity index (χ0) is 20.5. The molecule has 2 aromatic carbocycles. The van der Waals surface area contributed by atoms with Crippen LogP contribution < -0.4 is 10.5 Å². The van der Waals surface area contributed by atoms with Crippen molar-refractivity contribution in [2.45, 2.75) is 58.1 Å². The van der Waals surface area contributed by atoms with Crippen LogP contribution in [0.4, 0.5) is 0 Å². The fourth-order valence-corrected chi connectivity index (χ4v) is 4.93. The van der Waals surface area contributed by atoms with Crippen LogP contribution in [-0.4, -0.2) is 29.5 Å². The number of halogens is 1. The normalized spacial score (nSPS) is 21.1. The van der Waals surface area contributed by atoms with E-state index >= 15 is 0 Å². The molecule has 0 radical (unpaired) electrons. The molecule has 0 heterocycles. The molecule has 1 saturated carbocycles. The molecule has 28 heavy (non-hydrogen) atoms. The number of hydrogen-bond donors (Lipinski definition) is 3. The molecule has 2 aromatic rings. The fraction of sp³-hybridized carbons (Fsp3) is 0.565. The average Bonchev–Trinajstić information content (AvgIpc) is 2.69. The lowest BCUT2D eigenvalue weighted by molar-refractivity contribution is 0.0878. The van der Waals surface area contributed by atoms with E-state index in [9.17, 15) is 10.2 Å². The number of nitrogens with two attached hydrogens (primary N) is 1. The van der Waals surface area contributed by atoms with E-state index < -0.39 is 5.54 Å². The van der Waals surface area contributed by atoms with E-state index in [4.69, 9.17) is 10.5 Å². The summed E-state index contributed by atoms with van der Waals surface area (Å²) in [6.45, 7) is 6.41. The summed E-state index contributed by atoms with van der Waals surface area (Å²) in [5, 5.41) is 21.2. The topological polar surface area (TPSA) is 75.7 Å². The number of fused-ring (bicyclic) bond motifs is 1. The summed E-state index contributed by atoms with van der Waals surface area (Å²) in [6.07, 6.45) is 4.95. The quantitative estimate of drug-likeness (QED) is 0.530. The van der Waals surface area contributed by atoms with Gasteiger partial charge >= 0.3 is 0 Å². The van der Waals surface area contributed by atoms with Crippen LogP contribution in [0.3, 0.4) is 0 Å². The van der Waals surface area contributed by atoms with E-state index in [2.05, 4.69) is 43.4 Å². The Morgan fingerprint density at radius 2 is 1.68 bits per heavy atom. The number of rotatable bonds is 5. The lowest BCUT2D eigenvalue weighted by Crippen LogP contribution is -2.44. The molecule has 0 spiro atoms. The van der Waals surface area contributed by atoms with Gasteiger partial charge in [-0.15, -0.1) is 0 Å². The smallest absolute Gasteiger partial charge is 0.133 e. The lowest BCUT2D eigenvalue weighted by atomic mass is 9.72. The van der Waals surface area contributed by atoms with Crippen molar-refractivity contribution in [1.29, 1.82) is 0 Å². The minimum absolute atomic E-state index is 0.282. The van der Waals surface area contributed by atoms with Gasteiger partial charge < -0.3 is 20.7 Å². The van der Waals surface area contributed by atoms with Gasteiger partial charge in [0.25, 0.3) is 0 Å². The molecule has 0 unspecified atom stereocenters. The average molecular weight is 497 g/mol. The summed E-state index contributed by atoms with van der Waals surface area (Å²) >= 11 is 2.35. The largest absolute Gasteiger partial charge is 0.489 e. The first-order valence-electron chi connectivity index (χ1n) is 10.1. The molecule has 3 rings (SSSR count). The molecule has 4 N–H and O–H groups in total. The van der Waals surface area contributed by atoms with E-state index in [1.165, 1.54) is 12.8 Å². The first kappa shape index (κ1) is 21.8. The van der Waals surface area contributed by atoms with Crippen LogP contribution in [0, 0.1) is 14.9 Å². The van der Waals surface area contributed by atoms with Crippen LogP contribution in [0.2, 0.25) is 0 Å². The minimum atomic E-state index is -1.12. The molecule has 0 bridgehead atoms. The highest BCUT2D eigenvalue weighted by Gasteiger charge is 2.31. The maximum Gasteiger partial charge on any atom is 0.133 e. The van der Waals surface area contributed by atoms with Crippen molar-refractivity contribution in [3.63, 3.8) is 0 Å². The van der Waals surface area contributed by atoms with Crippen molar-refractivity contribution in [3.8, 4) is 5.75 Å². The maximum atomic E-state index is 9.55. The summed E-state index contributed by atoms with van der Waals surface area (Å²) < 4.78 is 7.48. The molecule has 1 fully saturated rings. The molecule has 0 amide bonds. The van der Waals surface area contributed by atoms with Crippen LogP contribution in [0.15, 0.2) is 30.3 Å². The molecule has 4 nitrogen and oxygen atoms in total. The molecular formula is C23H32INO3. The van der Waals surface area contributed by atoms with Crippen molar-refractivity contribution in [1.82, 2.24) is 0 Å². The second-order valence-electron chi connectivity index (χ2n) is 9.24. The summed E-state index contributed by atoms with van der Waals surface area (Å²) in [4.78, 5) is 0. The first-order valence-corrected chi connectivity index (χ1v) is 11.2. The Labute approximate surface area is 181 Å². The van der Waals surface area contributed by atoms with Gasteiger partial charge in [-0.3, -0.25) is 0 Å². The number of aliphatic hydroxyl groups is 2. The van der Waals surface area contributed by atoms with Crippen molar-refractivity contribution >= 4 is 33.4 Å². The highest BCUT2D eigenvalue weighted by molar-refractivity contribution is 14.1. The lowest BCUT2D eigenvalue weighted by Gasteiger charge is -2.37. The second kappa shape index (κ2) is 8.46. The number of benzene rings is 2. The number of ether oxygens (including phenoxy) is 1. The van der Waals surface area contributed by atoms with Crippen molar-refractivity contribution in [2.75, 3.05) is 13.2 Å². The zero-order valence-electron chi connectivity index (χ0n) is 17.0. The Bertz CT molecular complexity index is 818. The molecule has 1 aliphatic carbocycles. The predicted molar refractivity (Wildman–Crippen MR) is 123 cm³/mol. The Kier molecular flexibility index (Phi) is 6.59. The number of hydrogen-bond acceptors (Lipinski definition) is 4. The van der Waals surface area contributed by atoms with Crippen LogP contribution in [0.1, 0.15) is 52.0 Å². The Morgan fingerprint density at radius 3 is 2.25 bits per heavy atom. The molecular weight excluding hydrogens is 465 g/mol. The van der Waals surface area contributed by atoms with Gasteiger partial charge in [-0.25, -0.2) is 0 Å². The monoisotopic (exact) mass is 497 g/mol. The second-order valence-corrected chi connectivity index (χ2v) is 10.3. The van der Waals surface area contributed by atoms with Crippen LogP contribution in [-0.2, 0) is 5.54 Å². The maximum absolute atomic E-state index is 9.55. The third-order valence-electron chi connectivity index (χ3n) is 6.25. The van der Waals surface area contributed by atoms with Crippen LogP contribution in [0.25, 0.3) is 10.8 Å². The standard InChI is InChI=1S/C23H32INO3/c1-22(2,3)16-5-8-18(9-6-16)28-20-11-4-15-12-17(23(25,13-26)14-27)7-10-19(15)21(20)24/h4,7,10-12,16,18,26-27H,5-6,8-9,13-14,25H2,1-3H3. The zero-order valence-corrected chi connectivity index (χ0v) is 19.2. The van der Waals surface area contributed by atoms with Gasteiger partial charge in [0.2, 0.25) is 0 Å². The third-order valence-corrected chi connectivity index (χ3v) is 7.36. The molecule has 5 heteroatoms. The Morgan fingerprint density at radius 1 is 1.04 bits per heavy atom. The van der Waals surface area contributed by atoms with Gasteiger partial charge in [0, 0.05) is 0 Å². The van der Waals surface area contributed by atoms with Gasteiger partial charge in [-0.1, -0.05) is 39.0 Å². The molecule has 0 aliphatic heterocycles. The van der Waals surface area contributed by atoms with E-state index in [0.29, 0.717) is 5.41 Å².